The summed E-state index contributed by atoms with van der Waals surface area (Å²) in [4.78, 5) is 12.7. The number of fused-ring (bicyclic) bond motifs is 1. The summed E-state index contributed by atoms with van der Waals surface area (Å²) in [7, 11) is 0. The summed E-state index contributed by atoms with van der Waals surface area (Å²) >= 11 is 1.39. The fourth-order valence-electron chi connectivity index (χ4n) is 3.80. The van der Waals surface area contributed by atoms with Gasteiger partial charge in [0.2, 0.25) is 0 Å². The molecule has 3 aromatic carbocycles. The average molecular weight is 464 g/mol. The first-order chi connectivity index (χ1) is 15.9. The van der Waals surface area contributed by atoms with Crippen LogP contribution in [-0.4, -0.2) is 11.1 Å². The number of aryl methyl sites for hydroxylation is 3. The van der Waals surface area contributed by atoms with Crippen LogP contribution in [0.15, 0.2) is 65.6 Å². The number of halogens is 1. The first-order valence-corrected chi connectivity index (χ1v) is 11.6. The number of anilines is 1. The molecule has 0 bridgehead atoms. The summed E-state index contributed by atoms with van der Waals surface area (Å²) in [5, 5.41) is 0.637. The molecule has 170 valence electrons. The number of hydrogen-bond acceptors (Lipinski definition) is 5. The van der Waals surface area contributed by atoms with Gasteiger partial charge < -0.3 is 14.0 Å². The van der Waals surface area contributed by atoms with Crippen LogP contribution in [0.4, 0.5) is 10.1 Å². The zero-order chi connectivity index (χ0) is 23.5. The molecule has 33 heavy (non-hydrogen) atoms. The number of para-hydroxylation sites is 1. The third-order valence-electron chi connectivity index (χ3n) is 5.33. The highest BCUT2D eigenvalue weighted by molar-refractivity contribution is 7.98. The molecule has 0 fully saturated rings. The molecule has 0 aliphatic rings. The maximum absolute atomic E-state index is 13.8. The standard InChI is InChI=1S/C26H26FN3O2S/c1-5-28-33-29-20-10-11-24(32-26-16(2)12-19(27)13-17(26)3)23(14-20)30-15-18(4)25(31)21-8-6-7-9-22(21)30/h6-15,28-29H,5H2,1-4H3. The number of ether oxygens (including phenoxy) is 1. The van der Waals surface area contributed by atoms with Gasteiger partial charge in [0.25, 0.3) is 0 Å². The van der Waals surface area contributed by atoms with E-state index >= 15 is 0 Å². The van der Waals surface area contributed by atoms with Gasteiger partial charge >= 0.3 is 0 Å². The SMILES string of the molecule is CCNSNc1ccc(Oc2c(C)cc(F)cc2C)c(-n2cc(C)c(=O)c3ccccc32)c1. The van der Waals surface area contributed by atoms with Crippen molar-refractivity contribution in [3.05, 3.63) is 93.5 Å². The Morgan fingerprint density at radius 3 is 2.45 bits per heavy atom. The van der Waals surface area contributed by atoms with E-state index < -0.39 is 0 Å². The molecule has 0 atom stereocenters. The van der Waals surface area contributed by atoms with E-state index in [4.69, 9.17) is 4.74 Å². The van der Waals surface area contributed by atoms with Crippen molar-refractivity contribution in [2.45, 2.75) is 27.7 Å². The van der Waals surface area contributed by atoms with Gasteiger partial charge in [-0.1, -0.05) is 19.1 Å². The minimum atomic E-state index is -0.292. The zero-order valence-corrected chi connectivity index (χ0v) is 19.8. The number of hydrogen-bond donors (Lipinski definition) is 2. The largest absolute Gasteiger partial charge is 0.455 e. The first-order valence-electron chi connectivity index (χ1n) is 10.7. The maximum Gasteiger partial charge on any atom is 0.192 e. The highest BCUT2D eigenvalue weighted by atomic mass is 32.2. The minimum absolute atomic E-state index is 0.00604. The van der Waals surface area contributed by atoms with Crippen LogP contribution in [-0.2, 0) is 0 Å². The van der Waals surface area contributed by atoms with Crippen LogP contribution in [0.25, 0.3) is 16.6 Å². The van der Waals surface area contributed by atoms with Crippen molar-refractivity contribution in [3.8, 4) is 17.2 Å². The molecule has 0 unspecified atom stereocenters. The molecule has 7 heteroatoms. The lowest BCUT2D eigenvalue weighted by molar-refractivity contribution is 0.470. The van der Waals surface area contributed by atoms with Crippen LogP contribution in [0, 0.1) is 26.6 Å². The van der Waals surface area contributed by atoms with E-state index in [0.717, 1.165) is 23.4 Å². The number of rotatable bonds is 7. The lowest BCUT2D eigenvalue weighted by Gasteiger charge is -2.20. The monoisotopic (exact) mass is 463 g/mol. The molecule has 2 N–H and O–H groups in total. The van der Waals surface area contributed by atoms with Gasteiger partial charge in [-0.2, -0.15) is 0 Å². The third-order valence-corrected chi connectivity index (χ3v) is 6.10. The fourth-order valence-corrected chi connectivity index (χ4v) is 4.26. The molecular weight excluding hydrogens is 437 g/mol. The number of nitrogens with zero attached hydrogens (tertiary/aromatic N) is 1. The third kappa shape index (κ3) is 4.74. The van der Waals surface area contributed by atoms with Gasteiger partial charge in [0.1, 0.15) is 11.6 Å². The topological polar surface area (TPSA) is 55.3 Å². The second-order valence-electron chi connectivity index (χ2n) is 7.88. The second kappa shape index (κ2) is 9.68. The molecule has 0 radical (unpaired) electrons. The summed E-state index contributed by atoms with van der Waals surface area (Å²) in [6, 6.07) is 16.2. The fraction of sp³-hybridized carbons (Fsp3) is 0.192. The molecule has 0 saturated heterocycles. The lowest BCUT2D eigenvalue weighted by Crippen LogP contribution is -2.12. The van der Waals surface area contributed by atoms with Crippen molar-refractivity contribution < 1.29 is 9.13 Å². The molecule has 4 aromatic rings. The van der Waals surface area contributed by atoms with E-state index in [2.05, 4.69) is 9.44 Å². The Morgan fingerprint density at radius 2 is 1.73 bits per heavy atom. The molecule has 0 spiro atoms. The molecule has 0 amide bonds. The summed E-state index contributed by atoms with van der Waals surface area (Å²) in [6.07, 6.45) is 1.83. The Morgan fingerprint density at radius 1 is 1.00 bits per heavy atom. The van der Waals surface area contributed by atoms with Crippen LogP contribution in [0.2, 0.25) is 0 Å². The zero-order valence-electron chi connectivity index (χ0n) is 19.0. The average Bonchev–Trinajstić information content (AvgIpc) is 2.79. The van der Waals surface area contributed by atoms with Crippen molar-refractivity contribution in [2.24, 2.45) is 0 Å². The number of benzene rings is 3. The summed E-state index contributed by atoms with van der Waals surface area (Å²) < 4.78 is 28.6. The van der Waals surface area contributed by atoms with Gasteiger partial charge in [0.15, 0.2) is 11.2 Å². The Hall–Kier alpha value is -3.29. The molecule has 4 rings (SSSR count). The number of nitrogens with one attached hydrogen (secondary N) is 2. The summed E-state index contributed by atoms with van der Waals surface area (Å²) in [5.74, 6) is 0.919. The molecule has 0 aliphatic heterocycles. The van der Waals surface area contributed by atoms with Crippen molar-refractivity contribution in [3.63, 3.8) is 0 Å². The molecule has 0 saturated carbocycles. The van der Waals surface area contributed by atoms with E-state index in [0.29, 0.717) is 33.6 Å². The van der Waals surface area contributed by atoms with Crippen LogP contribution < -0.4 is 19.6 Å². The molecular formula is C26H26FN3O2S. The van der Waals surface area contributed by atoms with Gasteiger partial charge in [-0.15, -0.1) is 0 Å². The summed E-state index contributed by atoms with van der Waals surface area (Å²) in [5.41, 5.74) is 4.48. The Balaban J connectivity index is 1.91. The maximum atomic E-state index is 13.8. The van der Waals surface area contributed by atoms with E-state index in [1.165, 1.54) is 24.3 Å². The number of pyridine rings is 1. The molecule has 1 aromatic heterocycles. The minimum Gasteiger partial charge on any atom is -0.455 e. The lowest BCUT2D eigenvalue weighted by atomic mass is 10.1. The Labute approximate surface area is 196 Å². The van der Waals surface area contributed by atoms with Gasteiger partial charge in [0, 0.05) is 41.5 Å². The van der Waals surface area contributed by atoms with Crippen molar-refractivity contribution in [2.75, 3.05) is 11.3 Å². The smallest absolute Gasteiger partial charge is 0.192 e. The van der Waals surface area contributed by atoms with E-state index in [1.54, 1.807) is 0 Å². The van der Waals surface area contributed by atoms with Gasteiger partial charge in [-0.25, -0.2) is 9.11 Å². The Kier molecular flexibility index (Phi) is 6.72. The highest BCUT2D eigenvalue weighted by Gasteiger charge is 2.15. The van der Waals surface area contributed by atoms with Crippen LogP contribution >= 0.6 is 12.1 Å². The van der Waals surface area contributed by atoms with Gasteiger partial charge in [-0.05, 0) is 74.4 Å². The van der Waals surface area contributed by atoms with Crippen LogP contribution in [0.1, 0.15) is 23.6 Å². The van der Waals surface area contributed by atoms with Crippen molar-refractivity contribution in [1.29, 1.82) is 0 Å². The highest BCUT2D eigenvalue weighted by Crippen LogP contribution is 2.36. The molecule has 5 nitrogen and oxygen atoms in total. The van der Waals surface area contributed by atoms with Crippen LogP contribution in [0.3, 0.4) is 0 Å². The van der Waals surface area contributed by atoms with Gasteiger partial charge in [0.05, 0.1) is 11.2 Å². The van der Waals surface area contributed by atoms with Crippen molar-refractivity contribution in [1.82, 2.24) is 9.29 Å². The van der Waals surface area contributed by atoms with E-state index in [9.17, 15) is 9.18 Å². The normalized spacial score (nSPS) is 11.1. The van der Waals surface area contributed by atoms with Gasteiger partial charge in [-0.3, -0.25) is 4.79 Å². The molecule has 1 heterocycles. The Bertz CT molecular complexity index is 1360. The van der Waals surface area contributed by atoms with Crippen molar-refractivity contribution >= 4 is 28.7 Å². The first kappa shape index (κ1) is 22.9. The molecule has 0 aliphatic carbocycles. The number of aromatic nitrogens is 1. The summed E-state index contributed by atoms with van der Waals surface area (Å²) in [6.45, 7) is 8.31. The predicted octanol–water partition coefficient (Wildman–Crippen LogP) is 6.43. The predicted molar refractivity (Wildman–Crippen MR) is 135 cm³/mol. The van der Waals surface area contributed by atoms with E-state index in [-0.39, 0.29) is 11.2 Å². The quantitative estimate of drug-likeness (QED) is 0.244. The van der Waals surface area contributed by atoms with E-state index in [1.807, 2.05) is 80.9 Å². The second-order valence-corrected chi connectivity index (χ2v) is 8.58. The van der Waals surface area contributed by atoms with Crippen LogP contribution in [0.5, 0.6) is 11.5 Å².